The van der Waals surface area contributed by atoms with E-state index in [0.29, 0.717) is 27.1 Å². The molecular formula is C22H15ClF6N4O3S. The van der Waals surface area contributed by atoms with Gasteiger partial charge in [-0.1, -0.05) is 11.6 Å². The standard InChI is InChI=1S/C22H15ClF6N4O3S/c1-9-12(18(34)35)6-16(37-9)17-13(21(24,25)26)7-30-20(32-17)31-15-5-10-2-3-33(19(36)22(27,28)29)8-11(10)4-14(15)23/h4-7H,2-3,8H2,1H3,(H,34,35)(H,30,31,32). The molecule has 3 aromatic rings. The summed E-state index contributed by atoms with van der Waals surface area (Å²) in [4.78, 5) is 31.5. The number of thiophene rings is 1. The highest BCUT2D eigenvalue weighted by Crippen LogP contribution is 2.40. The molecule has 0 aliphatic carbocycles. The number of halogens is 7. The second kappa shape index (κ2) is 9.49. The van der Waals surface area contributed by atoms with Crippen LogP contribution >= 0.6 is 22.9 Å². The molecule has 0 radical (unpaired) electrons. The molecule has 0 bridgehead atoms. The van der Waals surface area contributed by atoms with Crippen molar-refractivity contribution >= 4 is 46.4 Å². The van der Waals surface area contributed by atoms with Gasteiger partial charge in [0.05, 0.1) is 26.8 Å². The van der Waals surface area contributed by atoms with Crippen molar-refractivity contribution < 1.29 is 41.0 Å². The molecule has 1 amide bonds. The zero-order valence-corrected chi connectivity index (χ0v) is 20.2. The SMILES string of the molecule is Cc1sc(-c2nc(Nc3cc4c(cc3Cl)CN(C(=O)C(F)(F)F)CC4)ncc2C(F)(F)F)cc1C(=O)O. The van der Waals surface area contributed by atoms with E-state index in [4.69, 9.17) is 11.6 Å². The van der Waals surface area contributed by atoms with E-state index < -0.39 is 35.5 Å². The average molecular weight is 565 g/mol. The van der Waals surface area contributed by atoms with E-state index in [1.807, 2.05) is 0 Å². The average Bonchev–Trinajstić information content (AvgIpc) is 3.19. The lowest BCUT2D eigenvalue weighted by Gasteiger charge is -2.30. The number of nitrogens with zero attached hydrogens (tertiary/aromatic N) is 3. The fourth-order valence-corrected chi connectivity index (χ4v) is 5.05. The molecule has 0 unspecified atom stereocenters. The maximum absolute atomic E-state index is 13.6. The molecule has 1 aliphatic heterocycles. The van der Waals surface area contributed by atoms with Gasteiger partial charge in [-0.25, -0.2) is 14.8 Å². The highest BCUT2D eigenvalue weighted by atomic mass is 35.5. The Bertz CT molecular complexity index is 1410. The molecule has 0 fully saturated rings. The van der Waals surface area contributed by atoms with Crippen molar-refractivity contribution in [2.75, 3.05) is 11.9 Å². The predicted octanol–water partition coefficient (Wildman–Crippen LogP) is 6.07. The van der Waals surface area contributed by atoms with Gasteiger partial charge in [0.25, 0.3) is 0 Å². The number of benzene rings is 1. The number of alkyl halides is 6. The van der Waals surface area contributed by atoms with Crippen LogP contribution in [0.2, 0.25) is 5.02 Å². The Balaban J connectivity index is 1.67. The van der Waals surface area contributed by atoms with Crippen LogP contribution in [0.15, 0.2) is 24.4 Å². The lowest BCUT2D eigenvalue weighted by Crippen LogP contribution is -2.43. The Kier molecular flexibility index (Phi) is 6.84. The van der Waals surface area contributed by atoms with Crippen LogP contribution in [0, 0.1) is 6.92 Å². The van der Waals surface area contributed by atoms with Crippen LogP contribution < -0.4 is 5.32 Å². The number of aromatic nitrogens is 2. The Hall–Kier alpha value is -3.39. The summed E-state index contributed by atoms with van der Waals surface area (Å²) in [6.45, 7) is 0.969. The van der Waals surface area contributed by atoms with Gasteiger partial charge >= 0.3 is 24.2 Å². The minimum atomic E-state index is -5.01. The molecule has 15 heteroatoms. The van der Waals surface area contributed by atoms with Crippen molar-refractivity contribution in [3.8, 4) is 10.6 Å². The second-order valence-corrected chi connectivity index (χ2v) is 9.70. The van der Waals surface area contributed by atoms with E-state index >= 15 is 0 Å². The predicted molar refractivity (Wildman–Crippen MR) is 122 cm³/mol. The van der Waals surface area contributed by atoms with Crippen molar-refractivity contribution in [2.45, 2.75) is 32.2 Å². The van der Waals surface area contributed by atoms with Crippen LogP contribution in [0.5, 0.6) is 0 Å². The van der Waals surface area contributed by atoms with Crippen molar-refractivity contribution in [1.82, 2.24) is 14.9 Å². The number of carbonyl (C=O) groups is 2. The first-order valence-corrected chi connectivity index (χ1v) is 11.6. The topological polar surface area (TPSA) is 95.4 Å². The molecular weight excluding hydrogens is 550 g/mol. The summed E-state index contributed by atoms with van der Waals surface area (Å²) in [5.74, 6) is -3.52. The smallest absolute Gasteiger partial charge is 0.471 e. The highest BCUT2D eigenvalue weighted by Gasteiger charge is 2.43. The summed E-state index contributed by atoms with van der Waals surface area (Å²) in [6.07, 6.45) is -9.17. The molecule has 37 heavy (non-hydrogen) atoms. The first-order chi connectivity index (χ1) is 17.1. The minimum absolute atomic E-state index is 0.0187. The number of aromatic carboxylic acids is 1. The molecule has 196 valence electrons. The highest BCUT2D eigenvalue weighted by molar-refractivity contribution is 7.15. The Labute approximate surface area is 213 Å². The van der Waals surface area contributed by atoms with Gasteiger partial charge in [0.1, 0.15) is 5.56 Å². The molecule has 2 aromatic heterocycles. The molecule has 3 heterocycles. The molecule has 0 saturated carbocycles. The van der Waals surface area contributed by atoms with E-state index in [-0.39, 0.29) is 46.6 Å². The van der Waals surface area contributed by atoms with Crippen LogP contribution in [0.4, 0.5) is 38.0 Å². The fourth-order valence-electron chi connectivity index (χ4n) is 3.80. The van der Waals surface area contributed by atoms with Crippen LogP contribution in [-0.2, 0) is 23.9 Å². The van der Waals surface area contributed by atoms with Crippen molar-refractivity contribution in [2.24, 2.45) is 0 Å². The van der Waals surface area contributed by atoms with Crippen LogP contribution in [0.3, 0.4) is 0 Å². The van der Waals surface area contributed by atoms with Gasteiger partial charge in [-0.2, -0.15) is 26.3 Å². The normalized spacial score (nSPS) is 13.9. The van der Waals surface area contributed by atoms with Gasteiger partial charge in [-0.15, -0.1) is 11.3 Å². The number of amides is 1. The number of nitrogens with one attached hydrogen (secondary N) is 1. The zero-order valence-electron chi connectivity index (χ0n) is 18.6. The van der Waals surface area contributed by atoms with E-state index in [1.54, 1.807) is 0 Å². The van der Waals surface area contributed by atoms with Crippen molar-refractivity contribution in [1.29, 1.82) is 0 Å². The van der Waals surface area contributed by atoms with Crippen LogP contribution in [0.25, 0.3) is 10.6 Å². The van der Waals surface area contributed by atoms with Crippen LogP contribution in [-0.4, -0.2) is 44.6 Å². The first-order valence-electron chi connectivity index (χ1n) is 10.4. The van der Waals surface area contributed by atoms with E-state index in [9.17, 15) is 41.0 Å². The van der Waals surface area contributed by atoms with Crippen molar-refractivity contribution in [3.63, 3.8) is 0 Å². The summed E-state index contributed by atoms with van der Waals surface area (Å²) < 4.78 is 79.3. The molecule has 0 spiro atoms. The molecule has 2 N–H and O–H groups in total. The Morgan fingerprint density at radius 3 is 2.43 bits per heavy atom. The molecule has 7 nitrogen and oxygen atoms in total. The Morgan fingerprint density at radius 1 is 1.14 bits per heavy atom. The van der Waals surface area contributed by atoms with Gasteiger partial charge in [0.2, 0.25) is 5.95 Å². The monoisotopic (exact) mass is 564 g/mol. The van der Waals surface area contributed by atoms with Gasteiger partial charge in [-0.3, -0.25) is 4.79 Å². The number of carbonyl (C=O) groups excluding carboxylic acids is 1. The number of aryl methyl sites for hydroxylation is 1. The molecule has 1 aromatic carbocycles. The van der Waals surface area contributed by atoms with E-state index in [2.05, 4.69) is 15.3 Å². The number of hydrogen-bond donors (Lipinski definition) is 2. The lowest BCUT2D eigenvalue weighted by atomic mass is 9.99. The number of hydrogen-bond acceptors (Lipinski definition) is 6. The molecule has 0 saturated heterocycles. The van der Waals surface area contributed by atoms with Crippen molar-refractivity contribution in [3.05, 3.63) is 56.5 Å². The Morgan fingerprint density at radius 2 is 1.84 bits per heavy atom. The minimum Gasteiger partial charge on any atom is -0.478 e. The van der Waals surface area contributed by atoms with E-state index in [1.165, 1.54) is 19.1 Å². The maximum atomic E-state index is 13.6. The fraction of sp³-hybridized carbons (Fsp3) is 0.273. The number of carboxylic acid groups (broad SMARTS) is 1. The maximum Gasteiger partial charge on any atom is 0.471 e. The quantitative estimate of drug-likeness (QED) is 0.373. The van der Waals surface area contributed by atoms with E-state index in [0.717, 1.165) is 17.4 Å². The number of rotatable bonds is 4. The van der Waals surface area contributed by atoms with Crippen LogP contribution in [0.1, 0.15) is 31.9 Å². The van der Waals surface area contributed by atoms with Gasteiger partial charge in [0.15, 0.2) is 0 Å². The summed E-state index contributed by atoms with van der Waals surface area (Å²) in [6, 6.07) is 3.97. The summed E-state index contributed by atoms with van der Waals surface area (Å²) >= 11 is 7.09. The zero-order chi connectivity index (χ0) is 27.3. The molecule has 0 atom stereocenters. The molecule has 1 aliphatic rings. The van der Waals surface area contributed by atoms with Gasteiger partial charge < -0.3 is 15.3 Å². The third kappa shape index (κ3) is 5.49. The van der Waals surface area contributed by atoms with Gasteiger partial charge in [-0.05, 0) is 42.7 Å². The summed E-state index contributed by atoms with van der Waals surface area (Å²) in [5, 5.41) is 12.0. The second-order valence-electron chi connectivity index (χ2n) is 8.04. The third-order valence-electron chi connectivity index (χ3n) is 5.55. The largest absolute Gasteiger partial charge is 0.478 e. The number of carboxylic acids is 1. The lowest BCUT2D eigenvalue weighted by molar-refractivity contribution is -0.186. The summed E-state index contributed by atoms with van der Waals surface area (Å²) in [5.41, 5.74) is -0.676. The first kappa shape index (κ1) is 26.7. The van der Waals surface area contributed by atoms with Gasteiger partial charge in [0, 0.05) is 24.2 Å². The third-order valence-corrected chi connectivity index (χ3v) is 6.92. The number of anilines is 2. The summed E-state index contributed by atoms with van der Waals surface area (Å²) in [7, 11) is 0. The molecule has 4 rings (SSSR count). The number of fused-ring (bicyclic) bond motifs is 1.